The minimum atomic E-state index is -0.432. The van der Waals surface area contributed by atoms with Crippen LogP contribution in [0.3, 0.4) is 0 Å². The molecule has 0 saturated heterocycles. The zero-order valence-electron chi connectivity index (χ0n) is 12.1. The number of nitrogens with one attached hydrogen (secondary N) is 1. The van der Waals surface area contributed by atoms with Crippen LogP contribution in [0.1, 0.15) is 19.4 Å². The molecule has 0 bridgehead atoms. The molecule has 0 fully saturated rings. The van der Waals surface area contributed by atoms with Gasteiger partial charge in [-0.25, -0.2) is 0 Å². The van der Waals surface area contributed by atoms with Crippen LogP contribution in [0.2, 0.25) is 0 Å². The van der Waals surface area contributed by atoms with E-state index in [1.165, 1.54) is 13.1 Å². The SMILES string of the molecule is CNC(=O)C(C#N)=Cc1ccc(OC)cc1OC(C)C. The Labute approximate surface area is 118 Å². The summed E-state index contributed by atoms with van der Waals surface area (Å²) < 4.78 is 10.8. The molecule has 0 aromatic heterocycles. The third-order valence-corrected chi connectivity index (χ3v) is 2.48. The van der Waals surface area contributed by atoms with Crippen molar-refractivity contribution in [3.8, 4) is 17.6 Å². The number of nitriles is 1. The topological polar surface area (TPSA) is 71.4 Å². The van der Waals surface area contributed by atoms with Gasteiger partial charge in [0.2, 0.25) is 0 Å². The number of methoxy groups -OCH3 is 1. The lowest BCUT2D eigenvalue weighted by Gasteiger charge is -2.14. The first-order valence-corrected chi connectivity index (χ1v) is 6.20. The van der Waals surface area contributed by atoms with E-state index in [0.29, 0.717) is 17.1 Å². The van der Waals surface area contributed by atoms with Crippen LogP contribution in [0.25, 0.3) is 6.08 Å². The first-order chi connectivity index (χ1) is 9.51. The van der Waals surface area contributed by atoms with Crippen LogP contribution in [-0.2, 0) is 4.79 Å². The summed E-state index contributed by atoms with van der Waals surface area (Å²) in [7, 11) is 3.04. The fourth-order valence-electron chi connectivity index (χ4n) is 1.56. The van der Waals surface area contributed by atoms with E-state index in [4.69, 9.17) is 14.7 Å². The maximum absolute atomic E-state index is 11.5. The second-order valence-electron chi connectivity index (χ2n) is 4.32. The molecule has 5 nitrogen and oxygen atoms in total. The van der Waals surface area contributed by atoms with E-state index in [0.717, 1.165) is 0 Å². The molecule has 1 aromatic carbocycles. The second kappa shape index (κ2) is 7.19. The van der Waals surface area contributed by atoms with Crippen LogP contribution in [0.5, 0.6) is 11.5 Å². The standard InChI is InChI=1S/C15H18N2O3/c1-10(2)20-14-8-13(19-4)6-5-11(14)7-12(9-16)15(18)17-3/h5-8,10H,1-4H3,(H,17,18). The van der Waals surface area contributed by atoms with E-state index >= 15 is 0 Å². The minimum Gasteiger partial charge on any atom is -0.497 e. The van der Waals surface area contributed by atoms with Gasteiger partial charge in [0.1, 0.15) is 23.1 Å². The lowest BCUT2D eigenvalue weighted by atomic mass is 10.1. The maximum atomic E-state index is 11.5. The first kappa shape index (κ1) is 15.6. The molecular weight excluding hydrogens is 256 g/mol. The molecule has 1 N–H and O–H groups in total. The number of carbonyl (C=O) groups excluding carboxylic acids is 1. The van der Waals surface area contributed by atoms with Crippen molar-refractivity contribution in [3.05, 3.63) is 29.3 Å². The predicted molar refractivity (Wildman–Crippen MR) is 76.4 cm³/mol. The van der Waals surface area contributed by atoms with Gasteiger partial charge in [-0.1, -0.05) is 0 Å². The molecular formula is C15H18N2O3. The number of amides is 1. The highest BCUT2D eigenvalue weighted by atomic mass is 16.5. The Bertz CT molecular complexity index is 557. The zero-order valence-corrected chi connectivity index (χ0v) is 12.1. The average molecular weight is 274 g/mol. The van der Waals surface area contributed by atoms with Crippen LogP contribution >= 0.6 is 0 Å². The normalized spacial score (nSPS) is 10.9. The predicted octanol–water partition coefficient (Wildman–Crippen LogP) is 2.14. The smallest absolute Gasteiger partial charge is 0.261 e. The highest BCUT2D eigenvalue weighted by Gasteiger charge is 2.11. The number of likely N-dealkylation sites (N-methyl/N-ethyl adjacent to an activating group) is 1. The van der Waals surface area contributed by atoms with Crippen molar-refractivity contribution in [2.75, 3.05) is 14.2 Å². The summed E-state index contributed by atoms with van der Waals surface area (Å²) in [6.07, 6.45) is 1.47. The van der Waals surface area contributed by atoms with E-state index in [1.54, 1.807) is 25.3 Å². The molecule has 0 radical (unpaired) electrons. The van der Waals surface area contributed by atoms with Gasteiger partial charge in [-0.3, -0.25) is 4.79 Å². The Kier molecular flexibility index (Phi) is 5.60. The molecule has 106 valence electrons. The first-order valence-electron chi connectivity index (χ1n) is 6.20. The van der Waals surface area contributed by atoms with E-state index in [-0.39, 0.29) is 11.7 Å². The molecule has 1 aromatic rings. The summed E-state index contributed by atoms with van der Waals surface area (Å²) in [4.78, 5) is 11.5. The fourth-order valence-corrected chi connectivity index (χ4v) is 1.56. The number of rotatable bonds is 5. The Morgan fingerprint density at radius 1 is 1.45 bits per heavy atom. The molecule has 0 aliphatic heterocycles. The third kappa shape index (κ3) is 4.02. The summed E-state index contributed by atoms with van der Waals surface area (Å²) in [6.45, 7) is 3.80. The molecule has 0 heterocycles. The van der Waals surface area contributed by atoms with Crippen molar-refractivity contribution in [1.29, 1.82) is 5.26 Å². The van der Waals surface area contributed by atoms with E-state index < -0.39 is 5.91 Å². The molecule has 0 atom stereocenters. The zero-order chi connectivity index (χ0) is 15.1. The number of nitrogens with zero attached hydrogens (tertiary/aromatic N) is 1. The highest BCUT2D eigenvalue weighted by molar-refractivity contribution is 6.01. The third-order valence-electron chi connectivity index (χ3n) is 2.48. The fraction of sp³-hybridized carbons (Fsp3) is 0.333. The molecule has 0 unspecified atom stereocenters. The van der Waals surface area contributed by atoms with E-state index in [9.17, 15) is 4.79 Å². The van der Waals surface area contributed by atoms with Gasteiger partial charge in [0.05, 0.1) is 13.2 Å². The monoisotopic (exact) mass is 274 g/mol. The number of carbonyl (C=O) groups is 1. The van der Waals surface area contributed by atoms with Gasteiger partial charge < -0.3 is 14.8 Å². The van der Waals surface area contributed by atoms with Crippen molar-refractivity contribution < 1.29 is 14.3 Å². The number of ether oxygens (including phenoxy) is 2. The molecule has 5 heteroatoms. The molecule has 0 aliphatic carbocycles. The maximum Gasteiger partial charge on any atom is 0.261 e. The number of hydrogen-bond acceptors (Lipinski definition) is 4. The Hall–Kier alpha value is -2.48. The van der Waals surface area contributed by atoms with Crippen LogP contribution in [0, 0.1) is 11.3 Å². The molecule has 1 amide bonds. The second-order valence-corrected chi connectivity index (χ2v) is 4.32. The van der Waals surface area contributed by atoms with Crippen LogP contribution in [-0.4, -0.2) is 26.2 Å². The van der Waals surface area contributed by atoms with Gasteiger partial charge in [0.25, 0.3) is 5.91 Å². The average Bonchev–Trinajstić information content (AvgIpc) is 2.44. The van der Waals surface area contributed by atoms with Gasteiger partial charge in [0.15, 0.2) is 0 Å². The quantitative estimate of drug-likeness (QED) is 0.659. The lowest BCUT2D eigenvalue weighted by Crippen LogP contribution is -2.19. The van der Waals surface area contributed by atoms with E-state index in [1.807, 2.05) is 19.9 Å². The highest BCUT2D eigenvalue weighted by Crippen LogP contribution is 2.27. The van der Waals surface area contributed by atoms with E-state index in [2.05, 4.69) is 5.32 Å². The van der Waals surface area contributed by atoms with Crippen molar-refractivity contribution in [2.24, 2.45) is 0 Å². The molecule has 1 rings (SSSR count). The summed E-state index contributed by atoms with van der Waals surface area (Å²) in [5.74, 6) is 0.783. The Morgan fingerprint density at radius 3 is 2.65 bits per heavy atom. The largest absolute Gasteiger partial charge is 0.497 e. The van der Waals surface area contributed by atoms with Crippen molar-refractivity contribution in [3.63, 3.8) is 0 Å². The van der Waals surface area contributed by atoms with Crippen molar-refractivity contribution in [2.45, 2.75) is 20.0 Å². The summed E-state index contributed by atoms with van der Waals surface area (Å²) in [5.41, 5.74) is 0.672. The van der Waals surface area contributed by atoms with Crippen molar-refractivity contribution in [1.82, 2.24) is 5.32 Å². The summed E-state index contributed by atoms with van der Waals surface area (Å²) in [5, 5.41) is 11.4. The molecule has 20 heavy (non-hydrogen) atoms. The number of hydrogen-bond donors (Lipinski definition) is 1. The van der Waals surface area contributed by atoms with Crippen LogP contribution < -0.4 is 14.8 Å². The lowest BCUT2D eigenvalue weighted by molar-refractivity contribution is -0.116. The molecule has 0 aliphatic rings. The Morgan fingerprint density at radius 2 is 2.15 bits per heavy atom. The molecule has 0 saturated carbocycles. The van der Waals surface area contributed by atoms with Crippen LogP contribution in [0.4, 0.5) is 0 Å². The minimum absolute atomic E-state index is 0.0197. The van der Waals surface area contributed by atoms with Gasteiger partial charge in [-0.2, -0.15) is 5.26 Å². The van der Waals surface area contributed by atoms with Gasteiger partial charge in [-0.15, -0.1) is 0 Å². The molecule has 0 spiro atoms. The summed E-state index contributed by atoms with van der Waals surface area (Å²) in [6, 6.07) is 7.09. The number of benzene rings is 1. The van der Waals surface area contributed by atoms with Gasteiger partial charge in [0, 0.05) is 18.7 Å². The Balaban J connectivity index is 3.26. The van der Waals surface area contributed by atoms with Gasteiger partial charge in [-0.05, 0) is 32.1 Å². The summed E-state index contributed by atoms with van der Waals surface area (Å²) >= 11 is 0. The van der Waals surface area contributed by atoms with Crippen molar-refractivity contribution >= 4 is 12.0 Å². The van der Waals surface area contributed by atoms with Gasteiger partial charge >= 0.3 is 0 Å². The van der Waals surface area contributed by atoms with Crippen LogP contribution in [0.15, 0.2) is 23.8 Å².